The second-order valence-electron chi connectivity index (χ2n) is 4.04. The van der Waals surface area contributed by atoms with Gasteiger partial charge in [-0.15, -0.1) is 0 Å². The molecule has 0 bridgehead atoms. The Morgan fingerprint density at radius 2 is 2.17 bits per heavy atom. The molecule has 0 aliphatic heterocycles. The van der Waals surface area contributed by atoms with Gasteiger partial charge in [0.15, 0.2) is 0 Å². The molecule has 12 heavy (non-hydrogen) atoms. The molecular weight excluding hydrogens is 148 g/mol. The summed E-state index contributed by atoms with van der Waals surface area (Å²) in [6.07, 6.45) is 2.64. The van der Waals surface area contributed by atoms with Crippen molar-refractivity contribution in [3.8, 4) is 0 Å². The first-order valence-electron chi connectivity index (χ1n) is 4.74. The smallest absolute Gasteiger partial charge is 0.0652 e. The Bertz CT molecular complexity index is 282. The standard InChI is InChI=1S/C10H16N2/c1-7(2)10-6-8(3)12(11-10)9-4-5-9/h6-7,9H,4-5H2,1-3H3. The van der Waals surface area contributed by atoms with Crippen molar-refractivity contribution in [1.82, 2.24) is 9.78 Å². The van der Waals surface area contributed by atoms with E-state index in [4.69, 9.17) is 0 Å². The molecule has 2 heteroatoms. The molecule has 66 valence electrons. The Morgan fingerprint density at radius 1 is 1.50 bits per heavy atom. The van der Waals surface area contributed by atoms with Crippen molar-refractivity contribution in [3.63, 3.8) is 0 Å². The third-order valence-electron chi connectivity index (χ3n) is 2.43. The highest BCUT2D eigenvalue weighted by molar-refractivity contribution is 5.13. The second-order valence-corrected chi connectivity index (χ2v) is 4.04. The molecule has 1 aromatic heterocycles. The highest BCUT2D eigenvalue weighted by Crippen LogP contribution is 2.35. The molecule has 0 atom stereocenters. The zero-order chi connectivity index (χ0) is 8.72. The minimum atomic E-state index is 0.559. The van der Waals surface area contributed by atoms with Crippen LogP contribution in [0, 0.1) is 6.92 Å². The van der Waals surface area contributed by atoms with Gasteiger partial charge in [-0.3, -0.25) is 4.68 Å². The maximum atomic E-state index is 4.59. The molecule has 1 aliphatic carbocycles. The first kappa shape index (κ1) is 7.84. The fourth-order valence-electron chi connectivity index (χ4n) is 1.48. The van der Waals surface area contributed by atoms with Crippen LogP contribution in [0.25, 0.3) is 0 Å². The Balaban J connectivity index is 2.30. The number of nitrogens with zero attached hydrogens (tertiary/aromatic N) is 2. The van der Waals surface area contributed by atoms with E-state index in [0.717, 1.165) is 6.04 Å². The summed E-state index contributed by atoms with van der Waals surface area (Å²) in [5.74, 6) is 0.559. The van der Waals surface area contributed by atoms with Crippen LogP contribution in [-0.2, 0) is 0 Å². The average Bonchev–Trinajstić information content (AvgIpc) is 2.75. The quantitative estimate of drug-likeness (QED) is 0.657. The number of hydrogen-bond donors (Lipinski definition) is 0. The molecule has 0 amide bonds. The van der Waals surface area contributed by atoms with E-state index in [9.17, 15) is 0 Å². The van der Waals surface area contributed by atoms with Crippen LogP contribution in [0.5, 0.6) is 0 Å². The number of aryl methyl sites for hydroxylation is 1. The van der Waals surface area contributed by atoms with Crippen LogP contribution < -0.4 is 0 Å². The lowest BCUT2D eigenvalue weighted by Gasteiger charge is -2.00. The van der Waals surface area contributed by atoms with E-state index >= 15 is 0 Å². The molecular formula is C10H16N2. The van der Waals surface area contributed by atoms with Crippen molar-refractivity contribution in [2.24, 2.45) is 0 Å². The maximum Gasteiger partial charge on any atom is 0.0652 e. The predicted octanol–water partition coefficient (Wildman–Crippen LogP) is 2.65. The lowest BCUT2D eigenvalue weighted by Crippen LogP contribution is -1.99. The molecule has 2 rings (SSSR count). The van der Waals surface area contributed by atoms with Gasteiger partial charge in [-0.05, 0) is 31.7 Å². The van der Waals surface area contributed by atoms with Gasteiger partial charge in [-0.25, -0.2) is 0 Å². The van der Waals surface area contributed by atoms with Gasteiger partial charge in [0, 0.05) is 5.69 Å². The van der Waals surface area contributed by atoms with E-state index in [2.05, 4.69) is 36.6 Å². The summed E-state index contributed by atoms with van der Waals surface area (Å²) in [5, 5.41) is 4.59. The van der Waals surface area contributed by atoms with Crippen LogP contribution in [0.2, 0.25) is 0 Å². The summed E-state index contributed by atoms with van der Waals surface area (Å²) in [4.78, 5) is 0. The zero-order valence-electron chi connectivity index (χ0n) is 8.04. The summed E-state index contributed by atoms with van der Waals surface area (Å²) < 4.78 is 2.19. The monoisotopic (exact) mass is 164 g/mol. The van der Waals surface area contributed by atoms with E-state index in [1.807, 2.05) is 0 Å². The van der Waals surface area contributed by atoms with Crippen LogP contribution in [0.1, 0.15) is 50.0 Å². The third kappa shape index (κ3) is 1.26. The molecule has 1 aliphatic rings. The Morgan fingerprint density at radius 3 is 2.58 bits per heavy atom. The molecule has 2 nitrogen and oxygen atoms in total. The molecule has 0 unspecified atom stereocenters. The van der Waals surface area contributed by atoms with Crippen LogP contribution in [-0.4, -0.2) is 9.78 Å². The summed E-state index contributed by atoms with van der Waals surface area (Å²) in [6, 6.07) is 2.93. The van der Waals surface area contributed by atoms with Gasteiger partial charge in [0.2, 0.25) is 0 Å². The van der Waals surface area contributed by atoms with Crippen LogP contribution in [0.4, 0.5) is 0 Å². The van der Waals surface area contributed by atoms with E-state index in [0.29, 0.717) is 5.92 Å². The van der Waals surface area contributed by atoms with Crippen LogP contribution >= 0.6 is 0 Å². The van der Waals surface area contributed by atoms with Gasteiger partial charge in [-0.2, -0.15) is 5.10 Å². The molecule has 1 heterocycles. The lowest BCUT2D eigenvalue weighted by atomic mass is 10.1. The fourth-order valence-corrected chi connectivity index (χ4v) is 1.48. The highest BCUT2D eigenvalue weighted by atomic mass is 15.3. The van der Waals surface area contributed by atoms with Gasteiger partial charge in [0.25, 0.3) is 0 Å². The topological polar surface area (TPSA) is 17.8 Å². The van der Waals surface area contributed by atoms with Crippen LogP contribution in [0.3, 0.4) is 0 Å². The van der Waals surface area contributed by atoms with Crippen molar-refractivity contribution in [2.75, 3.05) is 0 Å². The van der Waals surface area contributed by atoms with Crippen molar-refractivity contribution in [2.45, 2.75) is 45.6 Å². The second kappa shape index (κ2) is 2.61. The lowest BCUT2D eigenvalue weighted by molar-refractivity contribution is 0.604. The molecule has 0 N–H and O–H groups in total. The number of rotatable bonds is 2. The van der Waals surface area contributed by atoms with Crippen LogP contribution in [0.15, 0.2) is 6.07 Å². The van der Waals surface area contributed by atoms with Gasteiger partial charge in [-0.1, -0.05) is 13.8 Å². The summed E-state index contributed by atoms with van der Waals surface area (Å²) in [5.41, 5.74) is 2.56. The summed E-state index contributed by atoms with van der Waals surface area (Å²) in [7, 11) is 0. The van der Waals surface area contributed by atoms with E-state index in [-0.39, 0.29) is 0 Å². The van der Waals surface area contributed by atoms with Gasteiger partial charge in [0.05, 0.1) is 11.7 Å². The molecule has 0 aromatic carbocycles. The van der Waals surface area contributed by atoms with Gasteiger partial charge >= 0.3 is 0 Å². The van der Waals surface area contributed by atoms with Gasteiger partial charge < -0.3 is 0 Å². The molecule has 0 saturated heterocycles. The zero-order valence-corrected chi connectivity index (χ0v) is 8.04. The SMILES string of the molecule is Cc1cc(C(C)C)nn1C1CC1. The Kier molecular flexibility index (Phi) is 1.71. The van der Waals surface area contributed by atoms with E-state index in [1.165, 1.54) is 24.2 Å². The Labute approximate surface area is 73.6 Å². The predicted molar refractivity (Wildman–Crippen MR) is 49.3 cm³/mol. The van der Waals surface area contributed by atoms with Crippen molar-refractivity contribution >= 4 is 0 Å². The maximum absolute atomic E-state index is 4.59. The molecule has 0 spiro atoms. The molecule has 1 aromatic rings. The minimum Gasteiger partial charge on any atom is -0.267 e. The number of hydrogen-bond acceptors (Lipinski definition) is 1. The first-order chi connectivity index (χ1) is 5.68. The largest absolute Gasteiger partial charge is 0.267 e. The van der Waals surface area contributed by atoms with E-state index in [1.54, 1.807) is 0 Å². The molecule has 1 saturated carbocycles. The van der Waals surface area contributed by atoms with Crippen molar-refractivity contribution in [1.29, 1.82) is 0 Å². The summed E-state index contributed by atoms with van der Waals surface area (Å²) >= 11 is 0. The van der Waals surface area contributed by atoms with E-state index < -0.39 is 0 Å². The van der Waals surface area contributed by atoms with Crippen molar-refractivity contribution in [3.05, 3.63) is 17.5 Å². The summed E-state index contributed by atoms with van der Waals surface area (Å²) in [6.45, 7) is 6.54. The normalized spacial score (nSPS) is 17.3. The third-order valence-corrected chi connectivity index (χ3v) is 2.43. The first-order valence-corrected chi connectivity index (χ1v) is 4.74. The average molecular weight is 164 g/mol. The molecule has 0 radical (unpaired) electrons. The fraction of sp³-hybridized carbons (Fsp3) is 0.700. The Hall–Kier alpha value is -0.790. The molecule has 1 fully saturated rings. The van der Waals surface area contributed by atoms with Crippen molar-refractivity contribution < 1.29 is 0 Å². The van der Waals surface area contributed by atoms with Gasteiger partial charge in [0.1, 0.15) is 0 Å². The highest BCUT2D eigenvalue weighted by Gasteiger charge is 2.26. The number of aromatic nitrogens is 2. The minimum absolute atomic E-state index is 0.559.